The van der Waals surface area contributed by atoms with Crippen molar-refractivity contribution in [1.29, 1.82) is 0 Å². The topological polar surface area (TPSA) is 54.9 Å². The zero-order valence-electron chi connectivity index (χ0n) is 15.1. The lowest BCUT2D eigenvalue weighted by Crippen LogP contribution is -2.48. The highest BCUT2D eigenvalue weighted by Gasteiger charge is 2.21. The molecule has 0 radical (unpaired) electrons. The molecule has 0 N–H and O–H groups in total. The largest absolute Gasteiger partial charge is 0.490 e. The monoisotopic (exact) mass is 343 g/mol. The van der Waals surface area contributed by atoms with E-state index in [9.17, 15) is 4.79 Å². The van der Waals surface area contributed by atoms with Crippen molar-refractivity contribution < 1.29 is 14.3 Å². The standard InChI is InChI=1S/C19H25N3O3/c1-4-24-18-12-15-16(13-19(18)25-5-2)20-7-6-17(15)22-10-8-21(9-11-22)14(3)23/h6-7,12-13H,4-5,8-11H2,1-3H3. The maximum absolute atomic E-state index is 11.5. The van der Waals surface area contributed by atoms with Gasteiger partial charge in [0.2, 0.25) is 5.91 Å². The van der Waals surface area contributed by atoms with Gasteiger partial charge in [0.25, 0.3) is 0 Å². The summed E-state index contributed by atoms with van der Waals surface area (Å²) in [6.45, 7) is 9.83. The van der Waals surface area contributed by atoms with Gasteiger partial charge in [0, 0.05) is 56.4 Å². The molecule has 2 heterocycles. The number of carbonyl (C=O) groups excluding carboxylic acids is 1. The Morgan fingerprint density at radius 3 is 2.32 bits per heavy atom. The van der Waals surface area contributed by atoms with E-state index in [0.29, 0.717) is 13.2 Å². The molecule has 0 saturated carbocycles. The second-order valence-electron chi connectivity index (χ2n) is 6.01. The molecule has 0 atom stereocenters. The Balaban J connectivity index is 1.96. The first-order chi connectivity index (χ1) is 12.1. The second kappa shape index (κ2) is 7.59. The van der Waals surface area contributed by atoms with Crippen molar-refractivity contribution in [1.82, 2.24) is 9.88 Å². The SMILES string of the molecule is CCOc1cc2nccc(N3CCN(C(C)=O)CC3)c2cc1OCC. The molecule has 0 spiro atoms. The van der Waals surface area contributed by atoms with Gasteiger partial charge in [-0.2, -0.15) is 0 Å². The van der Waals surface area contributed by atoms with Crippen LogP contribution < -0.4 is 14.4 Å². The molecule has 1 aromatic carbocycles. The number of hydrogen-bond donors (Lipinski definition) is 0. The highest BCUT2D eigenvalue weighted by molar-refractivity contribution is 5.94. The summed E-state index contributed by atoms with van der Waals surface area (Å²) < 4.78 is 11.5. The minimum atomic E-state index is 0.138. The van der Waals surface area contributed by atoms with Gasteiger partial charge in [0.15, 0.2) is 11.5 Å². The third-order valence-corrected chi connectivity index (χ3v) is 4.45. The normalized spacial score (nSPS) is 14.7. The molecule has 25 heavy (non-hydrogen) atoms. The highest BCUT2D eigenvalue weighted by atomic mass is 16.5. The number of benzene rings is 1. The Morgan fingerprint density at radius 1 is 1.08 bits per heavy atom. The summed E-state index contributed by atoms with van der Waals surface area (Å²) in [5, 5.41) is 1.05. The molecule has 1 aliphatic heterocycles. The van der Waals surface area contributed by atoms with Crippen LogP contribution in [0.5, 0.6) is 11.5 Å². The fourth-order valence-corrected chi connectivity index (χ4v) is 3.21. The smallest absolute Gasteiger partial charge is 0.219 e. The van der Waals surface area contributed by atoms with Crippen molar-refractivity contribution in [2.45, 2.75) is 20.8 Å². The first-order valence-electron chi connectivity index (χ1n) is 8.82. The third-order valence-electron chi connectivity index (χ3n) is 4.45. The number of pyridine rings is 1. The lowest BCUT2D eigenvalue weighted by Gasteiger charge is -2.36. The molecule has 0 unspecified atom stereocenters. The molecule has 1 amide bonds. The van der Waals surface area contributed by atoms with Crippen molar-refractivity contribution in [2.75, 3.05) is 44.3 Å². The predicted molar refractivity (Wildman–Crippen MR) is 98.5 cm³/mol. The van der Waals surface area contributed by atoms with Crippen LogP contribution in [0, 0.1) is 0 Å². The van der Waals surface area contributed by atoms with Gasteiger partial charge in [-0.15, -0.1) is 0 Å². The van der Waals surface area contributed by atoms with Gasteiger partial charge < -0.3 is 19.3 Å². The van der Waals surface area contributed by atoms with E-state index in [1.807, 2.05) is 43.1 Å². The number of anilines is 1. The van der Waals surface area contributed by atoms with Crippen LogP contribution in [0.2, 0.25) is 0 Å². The van der Waals surface area contributed by atoms with E-state index >= 15 is 0 Å². The Kier molecular flexibility index (Phi) is 5.26. The number of aromatic nitrogens is 1. The molecular formula is C19H25N3O3. The van der Waals surface area contributed by atoms with Crippen LogP contribution in [-0.4, -0.2) is 55.2 Å². The molecule has 3 rings (SSSR count). The molecule has 0 bridgehead atoms. The number of rotatable bonds is 5. The van der Waals surface area contributed by atoms with Crippen molar-refractivity contribution >= 4 is 22.5 Å². The second-order valence-corrected chi connectivity index (χ2v) is 6.01. The summed E-state index contributed by atoms with van der Waals surface area (Å²) >= 11 is 0. The summed E-state index contributed by atoms with van der Waals surface area (Å²) in [5.74, 6) is 1.61. The lowest BCUT2D eigenvalue weighted by molar-refractivity contribution is -0.129. The van der Waals surface area contributed by atoms with Crippen LogP contribution in [0.1, 0.15) is 20.8 Å². The fraction of sp³-hybridized carbons (Fsp3) is 0.474. The minimum absolute atomic E-state index is 0.138. The molecule has 1 aromatic heterocycles. The van der Waals surface area contributed by atoms with E-state index in [0.717, 1.165) is 54.3 Å². The summed E-state index contributed by atoms with van der Waals surface area (Å²) in [7, 11) is 0. The Bertz CT molecular complexity index is 755. The van der Waals surface area contributed by atoms with Crippen molar-refractivity contribution in [3.05, 3.63) is 24.4 Å². The molecular weight excluding hydrogens is 318 g/mol. The van der Waals surface area contributed by atoms with Gasteiger partial charge in [0.05, 0.1) is 18.7 Å². The number of amides is 1. The molecule has 2 aromatic rings. The Morgan fingerprint density at radius 2 is 1.72 bits per heavy atom. The van der Waals surface area contributed by atoms with Crippen molar-refractivity contribution in [3.63, 3.8) is 0 Å². The lowest BCUT2D eigenvalue weighted by atomic mass is 10.1. The molecule has 1 saturated heterocycles. The number of nitrogens with zero attached hydrogens (tertiary/aromatic N) is 3. The van der Waals surface area contributed by atoms with Gasteiger partial charge in [-0.3, -0.25) is 9.78 Å². The fourth-order valence-electron chi connectivity index (χ4n) is 3.21. The first-order valence-corrected chi connectivity index (χ1v) is 8.82. The molecule has 134 valence electrons. The average molecular weight is 343 g/mol. The summed E-state index contributed by atoms with van der Waals surface area (Å²) in [6.07, 6.45) is 1.82. The number of carbonyl (C=O) groups is 1. The number of hydrogen-bond acceptors (Lipinski definition) is 5. The maximum atomic E-state index is 11.5. The zero-order chi connectivity index (χ0) is 17.8. The van der Waals surface area contributed by atoms with Gasteiger partial charge in [-0.1, -0.05) is 0 Å². The molecule has 1 aliphatic rings. The Hall–Kier alpha value is -2.50. The highest BCUT2D eigenvalue weighted by Crippen LogP contribution is 2.36. The number of fused-ring (bicyclic) bond motifs is 1. The van der Waals surface area contributed by atoms with Crippen molar-refractivity contribution in [2.24, 2.45) is 0 Å². The van der Waals surface area contributed by atoms with Gasteiger partial charge >= 0.3 is 0 Å². The molecule has 0 aliphatic carbocycles. The Labute approximate surface area is 148 Å². The van der Waals surface area contributed by atoms with Crippen molar-refractivity contribution in [3.8, 4) is 11.5 Å². The van der Waals surface area contributed by atoms with E-state index < -0.39 is 0 Å². The van der Waals surface area contributed by atoms with E-state index in [2.05, 4.69) is 9.88 Å². The third kappa shape index (κ3) is 3.62. The van der Waals surface area contributed by atoms with Crippen LogP contribution in [0.25, 0.3) is 10.9 Å². The van der Waals surface area contributed by atoms with Gasteiger partial charge in [-0.05, 0) is 26.0 Å². The van der Waals surface area contributed by atoms with Crippen LogP contribution in [-0.2, 0) is 4.79 Å². The molecule has 6 nitrogen and oxygen atoms in total. The number of piperazine rings is 1. The van der Waals surface area contributed by atoms with E-state index in [4.69, 9.17) is 9.47 Å². The number of ether oxygens (including phenoxy) is 2. The van der Waals surface area contributed by atoms with Gasteiger partial charge in [-0.25, -0.2) is 0 Å². The van der Waals surface area contributed by atoms with Crippen LogP contribution in [0.3, 0.4) is 0 Å². The van der Waals surface area contributed by atoms with Crippen LogP contribution >= 0.6 is 0 Å². The summed E-state index contributed by atoms with van der Waals surface area (Å²) in [4.78, 5) is 20.2. The minimum Gasteiger partial charge on any atom is -0.490 e. The zero-order valence-corrected chi connectivity index (χ0v) is 15.1. The maximum Gasteiger partial charge on any atom is 0.219 e. The average Bonchev–Trinajstić information content (AvgIpc) is 2.62. The summed E-state index contributed by atoms with van der Waals surface area (Å²) in [5.41, 5.74) is 2.01. The first kappa shape index (κ1) is 17.3. The summed E-state index contributed by atoms with van der Waals surface area (Å²) in [6, 6.07) is 5.99. The van der Waals surface area contributed by atoms with Crippen LogP contribution in [0.4, 0.5) is 5.69 Å². The van der Waals surface area contributed by atoms with Gasteiger partial charge in [0.1, 0.15) is 0 Å². The quantitative estimate of drug-likeness (QED) is 0.835. The van der Waals surface area contributed by atoms with E-state index in [1.54, 1.807) is 6.92 Å². The van der Waals surface area contributed by atoms with E-state index in [-0.39, 0.29) is 5.91 Å². The van der Waals surface area contributed by atoms with E-state index in [1.165, 1.54) is 0 Å². The molecule has 1 fully saturated rings. The van der Waals surface area contributed by atoms with Crippen LogP contribution in [0.15, 0.2) is 24.4 Å². The predicted octanol–water partition coefficient (Wildman–Crippen LogP) is 2.70. The molecule has 6 heteroatoms.